The smallest absolute Gasteiger partial charge is 0.227 e. The second-order valence-electron chi connectivity index (χ2n) is 6.12. The van der Waals surface area contributed by atoms with Crippen molar-refractivity contribution in [2.45, 2.75) is 32.3 Å². The van der Waals surface area contributed by atoms with E-state index in [0.717, 1.165) is 30.7 Å². The molecule has 1 aromatic carbocycles. The van der Waals surface area contributed by atoms with Crippen molar-refractivity contribution in [2.75, 3.05) is 24.6 Å². The quantitative estimate of drug-likeness (QED) is 0.920. The lowest BCUT2D eigenvalue weighted by Gasteiger charge is -2.17. The Labute approximate surface area is 130 Å². The number of anilines is 1. The fraction of sp³-hybridized carbons (Fsp3) is 0.529. The molecule has 2 amide bonds. The molecule has 0 saturated carbocycles. The van der Waals surface area contributed by atoms with E-state index < -0.39 is 0 Å². The van der Waals surface area contributed by atoms with Crippen LogP contribution in [0, 0.1) is 12.8 Å². The number of benzene rings is 1. The Kier molecular flexibility index (Phi) is 4.43. The predicted molar refractivity (Wildman–Crippen MR) is 83.6 cm³/mol. The van der Waals surface area contributed by atoms with E-state index in [1.54, 1.807) is 4.90 Å². The van der Waals surface area contributed by atoms with Crippen LogP contribution in [-0.4, -0.2) is 37.6 Å². The Bertz CT molecular complexity index is 550. The van der Waals surface area contributed by atoms with Crippen molar-refractivity contribution in [1.29, 1.82) is 0 Å². The first-order chi connectivity index (χ1) is 10.6. The maximum atomic E-state index is 12.2. The van der Waals surface area contributed by atoms with Gasteiger partial charge in [0.15, 0.2) is 0 Å². The van der Waals surface area contributed by atoms with Crippen molar-refractivity contribution in [1.82, 2.24) is 5.32 Å². The van der Waals surface area contributed by atoms with Crippen LogP contribution in [0.15, 0.2) is 24.3 Å². The lowest BCUT2D eigenvalue weighted by Crippen LogP contribution is -2.37. The van der Waals surface area contributed by atoms with Gasteiger partial charge in [0.05, 0.1) is 12.0 Å². The summed E-state index contributed by atoms with van der Waals surface area (Å²) >= 11 is 0. The number of nitrogens with one attached hydrogen (secondary N) is 1. The number of carbonyl (C=O) groups excluding carboxylic acids is 2. The molecular weight excluding hydrogens is 280 g/mol. The van der Waals surface area contributed by atoms with Gasteiger partial charge in [-0.2, -0.15) is 0 Å². The topological polar surface area (TPSA) is 58.6 Å². The fourth-order valence-corrected chi connectivity index (χ4v) is 3.02. The minimum absolute atomic E-state index is 0.0149. The number of aryl methyl sites for hydroxylation is 1. The van der Waals surface area contributed by atoms with Crippen molar-refractivity contribution in [2.24, 2.45) is 5.92 Å². The van der Waals surface area contributed by atoms with Gasteiger partial charge in [0, 0.05) is 31.8 Å². The van der Waals surface area contributed by atoms with Gasteiger partial charge >= 0.3 is 0 Å². The highest BCUT2D eigenvalue weighted by Gasteiger charge is 2.35. The Morgan fingerprint density at radius 1 is 1.36 bits per heavy atom. The van der Waals surface area contributed by atoms with Crippen LogP contribution in [0.4, 0.5) is 5.69 Å². The third kappa shape index (κ3) is 3.30. The normalized spacial score (nSPS) is 24.8. The summed E-state index contributed by atoms with van der Waals surface area (Å²) in [7, 11) is 0. The predicted octanol–water partition coefficient (Wildman–Crippen LogP) is 1.64. The average molecular weight is 302 g/mol. The van der Waals surface area contributed by atoms with Crippen molar-refractivity contribution in [3.05, 3.63) is 29.8 Å². The highest BCUT2D eigenvalue weighted by molar-refractivity contribution is 6.00. The molecule has 118 valence electrons. The Morgan fingerprint density at radius 2 is 2.14 bits per heavy atom. The van der Waals surface area contributed by atoms with Gasteiger partial charge in [-0.3, -0.25) is 9.59 Å². The Balaban J connectivity index is 1.56. The molecule has 0 aliphatic carbocycles. The number of amides is 2. The monoisotopic (exact) mass is 302 g/mol. The average Bonchev–Trinajstić information content (AvgIpc) is 3.15. The summed E-state index contributed by atoms with van der Waals surface area (Å²) in [6.45, 7) is 3.80. The first-order valence-corrected chi connectivity index (χ1v) is 7.90. The zero-order valence-corrected chi connectivity index (χ0v) is 12.9. The van der Waals surface area contributed by atoms with Crippen molar-refractivity contribution in [3.8, 4) is 0 Å². The molecule has 5 heteroatoms. The molecule has 2 fully saturated rings. The van der Waals surface area contributed by atoms with Gasteiger partial charge in [0.2, 0.25) is 11.8 Å². The van der Waals surface area contributed by atoms with Crippen molar-refractivity contribution < 1.29 is 14.3 Å². The van der Waals surface area contributed by atoms with E-state index in [1.807, 2.05) is 31.2 Å². The molecule has 0 radical (unpaired) electrons. The van der Waals surface area contributed by atoms with Crippen LogP contribution >= 0.6 is 0 Å². The second kappa shape index (κ2) is 6.48. The number of nitrogens with zero attached hydrogens (tertiary/aromatic N) is 1. The molecule has 0 bridgehead atoms. The van der Waals surface area contributed by atoms with E-state index in [-0.39, 0.29) is 30.3 Å². The highest BCUT2D eigenvalue weighted by Crippen LogP contribution is 2.25. The summed E-state index contributed by atoms with van der Waals surface area (Å²) < 4.78 is 5.50. The van der Waals surface area contributed by atoms with E-state index in [9.17, 15) is 9.59 Å². The van der Waals surface area contributed by atoms with E-state index >= 15 is 0 Å². The molecule has 2 saturated heterocycles. The fourth-order valence-electron chi connectivity index (χ4n) is 3.02. The third-order valence-electron chi connectivity index (χ3n) is 4.37. The molecule has 1 aromatic rings. The van der Waals surface area contributed by atoms with Crippen LogP contribution in [0.5, 0.6) is 0 Å². The summed E-state index contributed by atoms with van der Waals surface area (Å²) in [6, 6.07) is 7.82. The lowest BCUT2D eigenvalue weighted by atomic mass is 10.1. The van der Waals surface area contributed by atoms with Gasteiger partial charge in [-0.25, -0.2) is 0 Å². The van der Waals surface area contributed by atoms with Gasteiger partial charge in [0.1, 0.15) is 0 Å². The third-order valence-corrected chi connectivity index (χ3v) is 4.37. The van der Waals surface area contributed by atoms with Gasteiger partial charge < -0.3 is 15.0 Å². The maximum Gasteiger partial charge on any atom is 0.227 e. The van der Waals surface area contributed by atoms with Crippen LogP contribution in [0.3, 0.4) is 0 Å². The molecule has 2 atom stereocenters. The molecule has 2 aliphatic heterocycles. The minimum Gasteiger partial charge on any atom is -0.376 e. The standard InChI is InChI=1S/C17H22N2O3/c1-12-4-6-14(7-5-12)19-11-13(9-16(19)20)17(21)18-10-15-3-2-8-22-15/h4-7,13,15H,2-3,8-11H2,1H3,(H,18,21). The number of rotatable bonds is 4. The molecule has 2 heterocycles. The molecule has 1 N–H and O–H groups in total. The lowest BCUT2D eigenvalue weighted by molar-refractivity contribution is -0.126. The molecule has 3 rings (SSSR count). The molecule has 2 aliphatic rings. The molecule has 5 nitrogen and oxygen atoms in total. The van der Waals surface area contributed by atoms with E-state index in [4.69, 9.17) is 4.74 Å². The SMILES string of the molecule is Cc1ccc(N2CC(C(=O)NCC3CCCO3)CC2=O)cc1. The maximum absolute atomic E-state index is 12.2. The van der Waals surface area contributed by atoms with Gasteiger partial charge in [-0.05, 0) is 31.9 Å². The van der Waals surface area contributed by atoms with Crippen molar-refractivity contribution >= 4 is 17.5 Å². The summed E-state index contributed by atoms with van der Waals surface area (Å²) in [5, 5.41) is 2.93. The number of ether oxygens (including phenoxy) is 1. The molecule has 0 aromatic heterocycles. The summed E-state index contributed by atoms with van der Waals surface area (Å²) in [6.07, 6.45) is 2.48. The number of hydrogen-bond donors (Lipinski definition) is 1. The zero-order valence-electron chi connectivity index (χ0n) is 12.9. The minimum atomic E-state index is -0.268. The Hall–Kier alpha value is -1.88. The molecule has 22 heavy (non-hydrogen) atoms. The van der Waals surface area contributed by atoms with Gasteiger partial charge in [-0.15, -0.1) is 0 Å². The van der Waals surface area contributed by atoms with Crippen LogP contribution in [0.2, 0.25) is 0 Å². The first-order valence-electron chi connectivity index (χ1n) is 7.90. The van der Waals surface area contributed by atoms with Gasteiger partial charge in [-0.1, -0.05) is 17.7 Å². The van der Waals surface area contributed by atoms with Crippen LogP contribution in [-0.2, 0) is 14.3 Å². The Morgan fingerprint density at radius 3 is 2.82 bits per heavy atom. The number of hydrogen-bond acceptors (Lipinski definition) is 3. The summed E-state index contributed by atoms with van der Waals surface area (Å²) in [5.74, 6) is -0.296. The summed E-state index contributed by atoms with van der Waals surface area (Å²) in [4.78, 5) is 26.1. The molecular formula is C17H22N2O3. The summed E-state index contributed by atoms with van der Waals surface area (Å²) in [5.41, 5.74) is 2.02. The molecule has 2 unspecified atom stereocenters. The number of carbonyl (C=O) groups is 2. The second-order valence-corrected chi connectivity index (χ2v) is 6.12. The van der Waals surface area contributed by atoms with E-state index in [0.29, 0.717) is 13.1 Å². The van der Waals surface area contributed by atoms with Crippen LogP contribution < -0.4 is 10.2 Å². The largest absolute Gasteiger partial charge is 0.376 e. The van der Waals surface area contributed by atoms with E-state index in [1.165, 1.54) is 0 Å². The van der Waals surface area contributed by atoms with Crippen LogP contribution in [0.1, 0.15) is 24.8 Å². The molecule has 0 spiro atoms. The van der Waals surface area contributed by atoms with E-state index in [2.05, 4.69) is 5.32 Å². The van der Waals surface area contributed by atoms with Crippen molar-refractivity contribution in [3.63, 3.8) is 0 Å². The zero-order chi connectivity index (χ0) is 15.5. The van der Waals surface area contributed by atoms with Crippen LogP contribution in [0.25, 0.3) is 0 Å². The van der Waals surface area contributed by atoms with Gasteiger partial charge in [0.25, 0.3) is 0 Å². The first kappa shape index (κ1) is 15.0. The highest BCUT2D eigenvalue weighted by atomic mass is 16.5.